The van der Waals surface area contributed by atoms with Crippen molar-refractivity contribution in [3.63, 3.8) is 0 Å². The van der Waals surface area contributed by atoms with Crippen LogP contribution in [-0.2, 0) is 6.54 Å². The molecular weight excluding hydrogens is 200 g/mol. The van der Waals surface area contributed by atoms with E-state index < -0.39 is 0 Å². The first-order valence-electron chi connectivity index (χ1n) is 6.01. The zero-order chi connectivity index (χ0) is 11.4. The molecule has 2 unspecified atom stereocenters. The molecule has 2 rings (SSSR count). The summed E-state index contributed by atoms with van der Waals surface area (Å²) in [6.45, 7) is 1.65. The average molecular weight is 220 g/mol. The Morgan fingerprint density at radius 2 is 2.00 bits per heavy atom. The van der Waals surface area contributed by atoms with Gasteiger partial charge in [-0.25, -0.2) is 0 Å². The molecule has 1 aromatic rings. The van der Waals surface area contributed by atoms with E-state index in [0.29, 0.717) is 17.7 Å². The van der Waals surface area contributed by atoms with Crippen molar-refractivity contribution >= 4 is 0 Å². The van der Waals surface area contributed by atoms with Gasteiger partial charge in [0, 0.05) is 12.6 Å². The Balaban J connectivity index is 1.85. The number of nitrogens with two attached hydrogens (primary N) is 1. The van der Waals surface area contributed by atoms with Crippen LogP contribution in [0.3, 0.4) is 0 Å². The zero-order valence-corrected chi connectivity index (χ0v) is 9.52. The second-order valence-corrected chi connectivity index (χ2v) is 4.58. The first-order valence-corrected chi connectivity index (χ1v) is 6.01. The van der Waals surface area contributed by atoms with Crippen LogP contribution >= 0.6 is 0 Å². The lowest BCUT2D eigenvalue weighted by atomic mass is 10.0. The maximum Gasteiger partial charge on any atom is 0.115 e. The average Bonchev–Trinajstić information content (AvgIpc) is 2.76. The molecule has 1 aliphatic rings. The Hall–Kier alpha value is -1.06. The summed E-state index contributed by atoms with van der Waals surface area (Å²) in [6.07, 6.45) is 3.78. The molecule has 16 heavy (non-hydrogen) atoms. The Labute approximate surface area is 96.7 Å². The van der Waals surface area contributed by atoms with Gasteiger partial charge in [-0.2, -0.15) is 0 Å². The third kappa shape index (κ3) is 2.74. The van der Waals surface area contributed by atoms with Gasteiger partial charge in [-0.05, 0) is 43.0 Å². The van der Waals surface area contributed by atoms with E-state index in [4.69, 9.17) is 5.73 Å². The second-order valence-electron chi connectivity index (χ2n) is 4.58. The van der Waals surface area contributed by atoms with Gasteiger partial charge in [0.25, 0.3) is 0 Å². The van der Waals surface area contributed by atoms with E-state index in [9.17, 15) is 5.11 Å². The molecule has 1 fully saturated rings. The maximum atomic E-state index is 9.18. The van der Waals surface area contributed by atoms with E-state index in [0.717, 1.165) is 13.1 Å². The molecule has 1 aliphatic carbocycles. The summed E-state index contributed by atoms with van der Waals surface area (Å²) in [5.41, 5.74) is 6.95. The van der Waals surface area contributed by atoms with Crippen LogP contribution in [0.15, 0.2) is 24.3 Å². The van der Waals surface area contributed by atoms with Crippen LogP contribution in [0.25, 0.3) is 0 Å². The standard InChI is InChI=1S/C13H20N2O/c14-8-11-2-1-3-13(11)15-9-10-4-6-12(16)7-5-10/h4-7,11,13,15-16H,1-3,8-9,14H2. The molecule has 0 bridgehead atoms. The van der Waals surface area contributed by atoms with Crippen molar-refractivity contribution in [2.45, 2.75) is 31.8 Å². The molecule has 2 atom stereocenters. The van der Waals surface area contributed by atoms with Gasteiger partial charge in [-0.15, -0.1) is 0 Å². The number of rotatable bonds is 4. The van der Waals surface area contributed by atoms with Crippen LogP contribution in [0.1, 0.15) is 24.8 Å². The highest BCUT2D eigenvalue weighted by Crippen LogP contribution is 2.24. The number of hydrogen-bond acceptors (Lipinski definition) is 3. The number of phenolic OH excluding ortho intramolecular Hbond substituents is 1. The highest BCUT2D eigenvalue weighted by atomic mass is 16.3. The molecule has 0 aliphatic heterocycles. The van der Waals surface area contributed by atoms with Crippen LogP contribution in [0, 0.1) is 5.92 Å². The second kappa shape index (κ2) is 5.32. The lowest BCUT2D eigenvalue weighted by Crippen LogP contribution is -2.35. The van der Waals surface area contributed by atoms with Crippen LogP contribution in [0.5, 0.6) is 5.75 Å². The quantitative estimate of drug-likeness (QED) is 0.722. The summed E-state index contributed by atoms with van der Waals surface area (Å²) in [5, 5.41) is 12.7. The third-order valence-corrected chi connectivity index (χ3v) is 3.47. The minimum atomic E-state index is 0.324. The van der Waals surface area contributed by atoms with Gasteiger partial charge < -0.3 is 16.2 Å². The van der Waals surface area contributed by atoms with Gasteiger partial charge in [0.15, 0.2) is 0 Å². The van der Waals surface area contributed by atoms with Gasteiger partial charge >= 0.3 is 0 Å². The Morgan fingerprint density at radius 1 is 1.25 bits per heavy atom. The monoisotopic (exact) mass is 220 g/mol. The Morgan fingerprint density at radius 3 is 2.69 bits per heavy atom. The zero-order valence-electron chi connectivity index (χ0n) is 9.52. The van der Waals surface area contributed by atoms with Crippen molar-refractivity contribution < 1.29 is 5.11 Å². The highest BCUT2D eigenvalue weighted by Gasteiger charge is 2.25. The molecule has 0 spiro atoms. The van der Waals surface area contributed by atoms with E-state index in [1.807, 2.05) is 12.1 Å². The van der Waals surface area contributed by atoms with Crippen LogP contribution in [0.2, 0.25) is 0 Å². The molecule has 3 nitrogen and oxygen atoms in total. The van der Waals surface area contributed by atoms with Gasteiger partial charge in [-0.3, -0.25) is 0 Å². The number of phenols is 1. The van der Waals surface area contributed by atoms with E-state index in [1.54, 1.807) is 12.1 Å². The van der Waals surface area contributed by atoms with E-state index in [1.165, 1.54) is 24.8 Å². The van der Waals surface area contributed by atoms with E-state index in [-0.39, 0.29) is 0 Å². The molecule has 0 heterocycles. The van der Waals surface area contributed by atoms with E-state index >= 15 is 0 Å². The van der Waals surface area contributed by atoms with Crippen LogP contribution in [0.4, 0.5) is 0 Å². The van der Waals surface area contributed by atoms with Crippen molar-refractivity contribution in [3.8, 4) is 5.75 Å². The molecule has 0 radical (unpaired) electrons. The van der Waals surface area contributed by atoms with Gasteiger partial charge in [0.1, 0.15) is 5.75 Å². The highest BCUT2D eigenvalue weighted by molar-refractivity contribution is 5.25. The number of hydrogen-bond donors (Lipinski definition) is 3. The minimum absolute atomic E-state index is 0.324. The predicted octanol–water partition coefficient (Wildman–Crippen LogP) is 1.61. The molecule has 0 saturated heterocycles. The summed E-state index contributed by atoms with van der Waals surface area (Å²) in [7, 11) is 0. The van der Waals surface area contributed by atoms with Gasteiger partial charge in [0.05, 0.1) is 0 Å². The molecule has 1 aromatic carbocycles. The molecule has 0 aromatic heterocycles. The summed E-state index contributed by atoms with van der Waals surface area (Å²) < 4.78 is 0. The normalized spacial score (nSPS) is 24.8. The lowest BCUT2D eigenvalue weighted by Gasteiger charge is -2.19. The van der Waals surface area contributed by atoms with Crippen molar-refractivity contribution in [2.75, 3.05) is 6.54 Å². The minimum Gasteiger partial charge on any atom is -0.508 e. The maximum absolute atomic E-state index is 9.18. The first-order chi connectivity index (χ1) is 7.79. The molecule has 3 heteroatoms. The van der Waals surface area contributed by atoms with Crippen LogP contribution < -0.4 is 11.1 Å². The summed E-state index contributed by atoms with van der Waals surface area (Å²) in [5.74, 6) is 0.960. The Kier molecular flexibility index (Phi) is 3.80. The predicted molar refractivity (Wildman–Crippen MR) is 65.1 cm³/mol. The van der Waals surface area contributed by atoms with Crippen molar-refractivity contribution in [1.29, 1.82) is 0 Å². The van der Waals surface area contributed by atoms with Crippen molar-refractivity contribution in [2.24, 2.45) is 11.7 Å². The topological polar surface area (TPSA) is 58.3 Å². The lowest BCUT2D eigenvalue weighted by molar-refractivity contribution is 0.406. The molecule has 4 N–H and O–H groups in total. The number of benzene rings is 1. The number of aromatic hydroxyl groups is 1. The van der Waals surface area contributed by atoms with Crippen molar-refractivity contribution in [1.82, 2.24) is 5.32 Å². The first kappa shape index (κ1) is 11.4. The fourth-order valence-corrected chi connectivity index (χ4v) is 2.45. The largest absolute Gasteiger partial charge is 0.508 e. The third-order valence-electron chi connectivity index (χ3n) is 3.47. The number of nitrogens with one attached hydrogen (secondary N) is 1. The van der Waals surface area contributed by atoms with E-state index in [2.05, 4.69) is 5.32 Å². The summed E-state index contributed by atoms with van der Waals surface area (Å²) in [4.78, 5) is 0. The van der Waals surface area contributed by atoms with Gasteiger partial charge in [0.2, 0.25) is 0 Å². The fourth-order valence-electron chi connectivity index (χ4n) is 2.45. The van der Waals surface area contributed by atoms with Crippen LogP contribution in [-0.4, -0.2) is 17.7 Å². The summed E-state index contributed by atoms with van der Waals surface area (Å²) >= 11 is 0. The molecule has 1 saturated carbocycles. The summed E-state index contributed by atoms with van der Waals surface area (Å²) in [6, 6.07) is 7.93. The molecule has 88 valence electrons. The smallest absolute Gasteiger partial charge is 0.115 e. The fraction of sp³-hybridized carbons (Fsp3) is 0.538. The Bertz CT molecular complexity index is 323. The molecular formula is C13H20N2O. The molecule has 0 amide bonds. The van der Waals surface area contributed by atoms with Crippen molar-refractivity contribution in [3.05, 3.63) is 29.8 Å². The SMILES string of the molecule is NCC1CCCC1NCc1ccc(O)cc1. The van der Waals surface area contributed by atoms with Gasteiger partial charge in [-0.1, -0.05) is 18.6 Å².